The van der Waals surface area contributed by atoms with Crippen LogP contribution in [0, 0.1) is 5.41 Å². The Morgan fingerprint density at radius 1 is 1.37 bits per heavy atom. The maximum atomic E-state index is 10.1. The Bertz CT molecular complexity index is 530. The van der Waals surface area contributed by atoms with Gasteiger partial charge in [0.1, 0.15) is 5.69 Å². The van der Waals surface area contributed by atoms with Crippen molar-refractivity contribution in [3.8, 4) is 0 Å². The number of hydrogen-bond acceptors (Lipinski definition) is 5. The van der Waals surface area contributed by atoms with Gasteiger partial charge in [0, 0.05) is 17.9 Å². The van der Waals surface area contributed by atoms with Crippen molar-refractivity contribution in [1.82, 2.24) is 9.97 Å². The van der Waals surface area contributed by atoms with Crippen LogP contribution in [-0.2, 0) is 22.3 Å². The molecule has 2 fully saturated rings. The van der Waals surface area contributed by atoms with E-state index < -0.39 is 11.2 Å². The van der Waals surface area contributed by atoms with Crippen LogP contribution in [0.4, 0.5) is 5.82 Å². The molecular weight excluding hydrogens is 286 g/mol. The van der Waals surface area contributed by atoms with Crippen molar-refractivity contribution in [2.24, 2.45) is 5.41 Å². The van der Waals surface area contributed by atoms with Crippen molar-refractivity contribution in [2.75, 3.05) is 24.3 Å². The minimum atomic E-state index is -0.740. The monoisotopic (exact) mass is 300 g/mol. The molecule has 1 aromatic rings. The van der Waals surface area contributed by atoms with Crippen LogP contribution < -0.4 is 5.32 Å². The molecule has 3 aliphatic rings. The average Bonchev–Trinajstić information content (AvgIpc) is 2.62. The molecule has 7 heteroatoms. The minimum absolute atomic E-state index is 0.265. The topological polar surface area (TPSA) is 67.3 Å². The fourth-order valence-corrected chi connectivity index (χ4v) is 4.71. The molecular formula is C12H15ClN3O2S+. The van der Waals surface area contributed by atoms with E-state index >= 15 is 0 Å². The third-order valence-corrected chi connectivity index (χ3v) is 5.85. The van der Waals surface area contributed by atoms with E-state index in [2.05, 4.69) is 15.3 Å². The van der Waals surface area contributed by atoms with Crippen LogP contribution in [-0.4, -0.2) is 39.5 Å². The van der Waals surface area contributed by atoms with Crippen LogP contribution in [0.25, 0.3) is 0 Å². The van der Waals surface area contributed by atoms with Crippen molar-refractivity contribution in [3.05, 3.63) is 11.0 Å². The molecule has 0 radical (unpaired) electrons. The number of aryl methyl sites for hydroxylation is 1. The summed E-state index contributed by atoms with van der Waals surface area (Å²) in [5.74, 6) is 1.47. The van der Waals surface area contributed by atoms with E-state index in [0.717, 1.165) is 54.6 Å². The van der Waals surface area contributed by atoms with Crippen molar-refractivity contribution in [1.29, 1.82) is 0 Å². The van der Waals surface area contributed by atoms with E-state index in [0.29, 0.717) is 11.5 Å². The molecule has 2 N–H and O–H groups in total. The van der Waals surface area contributed by atoms with E-state index in [1.165, 1.54) is 0 Å². The molecule has 19 heavy (non-hydrogen) atoms. The van der Waals surface area contributed by atoms with E-state index in [4.69, 9.17) is 16.3 Å². The van der Waals surface area contributed by atoms with Gasteiger partial charge < -0.3 is 10.1 Å². The van der Waals surface area contributed by atoms with Crippen LogP contribution in [0.5, 0.6) is 0 Å². The zero-order chi connectivity index (χ0) is 13.0. The van der Waals surface area contributed by atoms with Crippen LogP contribution in [0.1, 0.15) is 18.5 Å². The maximum Gasteiger partial charge on any atom is 0.253 e. The second-order valence-electron chi connectivity index (χ2n) is 5.68. The first-order valence-electron chi connectivity index (χ1n) is 6.46. The second-order valence-corrected chi connectivity index (χ2v) is 7.56. The first-order valence-corrected chi connectivity index (χ1v) is 8.19. The molecule has 1 saturated carbocycles. The van der Waals surface area contributed by atoms with Crippen molar-refractivity contribution < 1.29 is 9.29 Å². The zero-order valence-electron chi connectivity index (χ0n) is 10.4. The van der Waals surface area contributed by atoms with Gasteiger partial charge in [-0.15, -0.1) is 0 Å². The number of aromatic nitrogens is 2. The summed E-state index contributed by atoms with van der Waals surface area (Å²) < 4.78 is 15.3. The Labute approximate surface area is 119 Å². The summed E-state index contributed by atoms with van der Waals surface area (Å²) in [5, 5.41) is 3.69. The molecule has 4 rings (SSSR count). The normalized spacial score (nSPS) is 27.8. The zero-order valence-corrected chi connectivity index (χ0v) is 11.9. The standard InChI is InChI=1S/C12H15ClN3O2S/c13-11-15-8-1-2-19(17)9(8)10(16-11)14-7-3-12(4-7)5-18-6-12/h7,17H,1-6H2,(H,14,15,16)/q+1. The van der Waals surface area contributed by atoms with Gasteiger partial charge >= 0.3 is 0 Å². The molecule has 1 spiro atoms. The number of rotatable bonds is 2. The smallest absolute Gasteiger partial charge is 0.253 e. The van der Waals surface area contributed by atoms with Gasteiger partial charge in [-0.3, -0.25) is 0 Å². The van der Waals surface area contributed by atoms with Gasteiger partial charge in [0.2, 0.25) is 5.28 Å². The van der Waals surface area contributed by atoms with E-state index in [-0.39, 0.29) is 5.28 Å². The summed E-state index contributed by atoms with van der Waals surface area (Å²) in [4.78, 5) is 9.35. The number of nitrogens with one attached hydrogen (secondary N) is 1. The highest BCUT2D eigenvalue weighted by atomic mass is 35.5. The van der Waals surface area contributed by atoms with Gasteiger partial charge in [-0.2, -0.15) is 9.54 Å². The Hall–Kier alpha value is -0.560. The fraction of sp³-hybridized carbons (Fsp3) is 0.667. The highest BCUT2D eigenvalue weighted by Gasteiger charge is 2.50. The van der Waals surface area contributed by atoms with Crippen LogP contribution in [0.3, 0.4) is 0 Å². The van der Waals surface area contributed by atoms with E-state index in [1.54, 1.807) is 0 Å². The first-order chi connectivity index (χ1) is 9.15. The molecule has 3 heterocycles. The largest absolute Gasteiger partial charge is 0.380 e. The highest BCUT2D eigenvalue weighted by Crippen LogP contribution is 2.48. The Balaban J connectivity index is 1.55. The van der Waals surface area contributed by atoms with Gasteiger partial charge in [0.05, 0.1) is 13.2 Å². The van der Waals surface area contributed by atoms with Crippen LogP contribution in [0.15, 0.2) is 4.90 Å². The summed E-state index contributed by atoms with van der Waals surface area (Å²) in [6.45, 7) is 1.77. The second kappa shape index (κ2) is 4.22. The molecule has 102 valence electrons. The summed E-state index contributed by atoms with van der Waals surface area (Å²) in [7, 11) is 0. The molecule has 1 aromatic heterocycles. The number of ether oxygens (including phenoxy) is 1. The van der Waals surface area contributed by atoms with Gasteiger partial charge in [-0.05, 0) is 24.4 Å². The SMILES string of the molecule is O[S+]1CCc2nc(Cl)nc(NC3CC4(COC4)C3)c21. The van der Waals surface area contributed by atoms with Gasteiger partial charge in [-0.25, -0.2) is 4.98 Å². The summed E-state index contributed by atoms with van der Waals surface area (Å²) in [6, 6.07) is 0.413. The first kappa shape index (κ1) is 12.2. The molecule has 5 nitrogen and oxygen atoms in total. The van der Waals surface area contributed by atoms with E-state index in [9.17, 15) is 4.55 Å². The third kappa shape index (κ3) is 1.93. The minimum Gasteiger partial charge on any atom is -0.380 e. The quantitative estimate of drug-likeness (QED) is 0.643. The fourth-order valence-electron chi connectivity index (χ4n) is 3.18. The lowest BCUT2D eigenvalue weighted by atomic mass is 9.64. The van der Waals surface area contributed by atoms with Crippen molar-refractivity contribution >= 4 is 28.6 Å². The third-order valence-electron chi connectivity index (χ3n) is 4.19. The molecule has 0 bridgehead atoms. The number of halogens is 1. The van der Waals surface area contributed by atoms with Crippen LogP contribution >= 0.6 is 11.6 Å². The van der Waals surface area contributed by atoms with Gasteiger partial charge in [0.15, 0.2) is 22.7 Å². The molecule has 1 saturated heterocycles. The number of nitrogens with zero attached hydrogens (tertiary/aromatic N) is 2. The molecule has 1 atom stereocenters. The molecule has 0 amide bonds. The van der Waals surface area contributed by atoms with Crippen molar-refractivity contribution in [3.63, 3.8) is 0 Å². The van der Waals surface area contributed by atoms with Crippen LogP contribution in [0.2, 0.25) is 5.28 Å². The summed E-state index contributed by atoms with van der Waals surface area (Å²) in [5.41, 5.74) is 1.31. The Morgan fingerprint density at radius 3 is 2.84 bits per heavy atom. The molecule has 0 aromatic carbocycles. The number of anilines is 1. The lowest BCUT2D eigenvalue weighted by Gasteiger charge is -2.53. The number of hydrogen-bond donors (Lipinski definition) is 2. The summed E-state index contributed by atoms with van der Waals surface area (Å²) in [6.07, 6.45) is 3.01. The van der Waals surface area contributed by atoms with Crippen molar-refractivity contribution in [2.45, 2.75) is 30.2 Å². The van der Waals surface area contributed by atoms with E-state index in [1.807, 2.05) is 0 Å². The Kier molecular flexibility index (Phi) is 2.71. The average molecular weight is 301 g/mol. The molecule has 1 aliphatic carbocycles. The lowest BCUT2D eigenvalue weighted by Crippen LogP contribution is -2.56. The van der Waals surface area contributed by atoms with Gasteiger partial charge in [0.25, 0.3) is 4.90 Å². The van der Waals surface area contributed by atoms with Gasteiger partial charge in [-0.1, -0.05) is 0 Å². The maximum absolute atomic E-state index is 10.1. The predicted molar refractivity (Wildman–Crippen MR) is 73.8 cm³/mol. The highest BCUT2D eigenvalue weighted by molar-refractivity contribution is 7.92. The Morgan fingerprint density at radius 2 is 2.16 bits per heavy atom. The molecule has 2 aliphatic heterocycles. The predicted octanol–water partition coefficient (Wildman–Crippen LogP) is 1.73. The number of fused-ring (bicyclic) bond motifs is 1. The summed E-state index contributed by atoms with van der Waals surface area (Å²) >= 11 is 5.21. The lowest BCUT2D eigenvalue weighted by molar-refractivity contribution is -0.159. The molecule has 1 unspecified atom stereocenters.